The van der Waals surface area contributed by atoms with Crippen LogP contribution in [0, 0.1) is 5.92 Å². The van der Waals surface area contributed by atoms with E-state index in [4.69, 9.17) is 4.74 Å². The summed E-state index contributed by atoms with van der Waals surface area (Å²) in [4.78, 5) is 55.1. The molecule has 5 heterocycles. The Kier molecular flexibility index (Phi) is 11.4. The fourth-order valence-corrected chi connectivity index (χ4v) is 12.3. The molecule has 1 aromatic heterocycles. The smallest absolute Gasteiger partial charge is 0.264 e. The third-order valence-electron chi connectivity index (χ3n) is 12.5. The number of benzene rings is 3. The van der Waals surface area contributed by atoms with Gasteiger partial charge in [-0.05, 0) is 99.7 Å². The first-order chi connectivity index (χ1) is 28.0. The van der Waals surface area contributed by atoms with Gasteiger partial charge >= 0.3 is 0 Å². The van der Waals surface area contributed by atoms with Crippen molar-refractivity contribution in [3.63, 3.8) is 0 Å². The third kappa shape index (κ3) is 7.74. The summed E-state index contributed by atoms with van der Waals surface area (Å²) in [5.74, 6) is -1.18. The Morgan fingerprint density at radius 1 is 0.966 bits per heavy atom. The van der Waals surface area contributed by atoms with Crippen LogP contribution in [0.25, 0.3) is 0 Å². The molecule has 14 nitrogen and oxygen atoms in total. The molecule has 4 aliphatic rings. The number of rotatable bonds is 13. The van der Waals surface area contributed by atoms with Crippen LogP contribution >= 0.6 is 0 Å². The molecule has 0 aliphatic carbocycles. The van der Waals surface area contributed by atoms with E-state index >= 15 is 4.79 Å². The van der Waals surface area contributed by atoms with Gasteiger partial charge in [-0.2, -0.15) is 0 Å². The van der Waals surface area contributed by atoms with Crippen LogP contribution in [0.5, 0.6) is 0 Å². The summed E-state index contributed by atoms with van der Waals surface area (Å²) in [6, 6.07) is 22.3. The molecule has 3 fully saturated rings. The van der Waals surface area contributed by atoms with Crippen molar-refractivity contribution in [3.8, 4) is 0 Å². The van der Waals surface area contributed by atoms with Crippen molar-refractivity contribution in [3.05, 3.63) is 101 Å². The molecule has 3 amide bonds. The Morgan fingerprint density at radius 2 is 1.66 bits per heavy atom. The molecule has 0 bridgehead atoms. The SMILES string of the molecule is C[C@H]1[C@H]([Si](C)(C)O)[C@@H](CCn2cc(C(CO)c3ccccc3)nn2)O[C@]12C(=O)N(Cc1cccc(NC(=O)[C@H]3CCCN3)c1)c1ccc(NC(=O)[C@H]3CCCN3)cc12. The average molecular weight is 807 g/mol. The number of aryl methyl sites for hydroxylation is 1. The van der Waals surface area contributed by atoms with Gasteiger partial charge in [-0.1, -0.05) is 54.6 Å². The monoisotopic (exact) mass is 806 g/mol. The molecule has 306 valence electrons. The van der Waals surface area contributed by atoms with Crippen LogP contribution in [0.1, 0.15) is 67.3 Å². The Hall–Kier alpha value is -4.77. The van der Waals surface area contributed by atoms with Gasteiger partial charge in [-0.15, -0.1) is 5.10 Å². The molecule has 7 atom stereocenters. The minimum atomic E-state index is -2.98. The maximum Gasteiger partial charge on any atom is 0.264 e. The quantitative estimate of drug-likeness (QED) is 0.107. The average Bonchev–Trinajstić information content (AvgIpc) is 4.06. The van der Waals surface area contributed by atoms with Gasteiger partial charge in [0.2, 0.25) is 11.8 Å². The second-order valence-electron chi connectivity index (χ2n) is 16.8. The van der Waals surface area contributed by atoms with Crippen molar-refractivity contribution in [2.24, 2.45) is 5.92 Å². The van der Waals surface area contributed by atoms with Gasteiger partial charge in [-0.25, -0.2) is 0 Å². The van der Waals surface area contributed by atoms with Gasteiger partial charge in [0.05, 0.1) is 48.6 Å². The number of carbonyl (C=O) groups is 3. The van der Waals surface area contributed by atoms with Crippen molar-refractivity contribution in [1.82, 2.24) is 25.6 Å². The number of aliphatic hydroxyl groups excluding tert-OH is 1. The summed E-state index contributed by atoms with van der Waals surface area (Å²) in [5, 5.41) is 31.7. The summed E-state index contributed by atoms with van der Waals surface area (Å²) in [5.41, 5.74) is 3.20. The van der Waals surface area contributed by atoms with Crippen molar-refractivity contribution in [1.29, 1.82) is 0 Å². The van der Waals surface area contributed by atoms with E-state index in [-0.39, 0.29) is 54.4 Å². The number of hydrogen-bond acceptors (Lipinski definition) is 10. The topological polar surface area (TPSA) is 183 Å². The Bertz CT molecular complexity index is 2130. The molecular formula is C43H54N8O6Si. The summed E-state index contributed by atoms with van der Waals surface area (Å²) in [6.45, 7) is 7.92. The molecule has 1 spiro atoms. The zero-order valence-corrected chi connectivity index (χ0v) is 34.4. The van der Waals surface area contributed by atoms with E-state index in [0.717, 1.165) is 49.9 Å². The number of aromatic nitrogens is 3. The van der Waals surface area contributed by atoms with E-state index in [9.17, 15) is 19.5 Å². The molecule has 3 saturated heterocycles. The highest BCUT2D eigenvalue weighted by Gasteiger charge is 2.66. The second-order valence-corrected chi connectivity index (χ2v) is 20.8. The summed E-state index contributed by atoms with van der Waals surface area (Å²) < 4.78 is 8.86. The summed E-state index contributed by atoms with van der Waals surface area (Å²) in [6.07, 6.45) is 5.22. The minimum Gasteiger partial charge on any atom is -0.432 e. The highest BCUT2D eigenvalue weighted by Crippen LogP contribution is 2.60. The van der Waals surface area contributed by atoms with Gasteiger partial charge in [0.25, 0.3) is 5.91 Å². The maximum absolute atomic E-state index is 15.2. The lowest BCUT2D eigenvalue weighted by atomic mass is 9.82. The summed E-state index contributed by atoms with van der Waals surface area (Å²) >= 11 is 0. The first kappa shape index (κ1) is 40.0. The minimum absolute atomic E-state index is 0.0776. The molecule has 0 saturated carbocycles. The predicted molar refractivity (Wildman–Crippen MR) is 223 cm³/mol. The molecule has 3 aromatic carbocycles. The Labute approximate surface area is 339 Å². The van der Waals surface area contributed by atoms with Gasteiger partial charge in [0.15, 0.2) is 13.9 Å². The molecule has 58 heavy (non-hydrogen) atoms. The van der Waals surface area contributed by atoms with Crippen molar-refractivity contribution in [2.75, 3.05) is 35.2 Å². The molecule has 15 heteroatoms. The maximum atomic E-state index is 15.2. The van der Waals surface area contributed by atoms with E-state index < -0.39 is 25.9 Å². The van der Waals surface area contributed by atoms with Crippen LogP contribution in [0.15, 0.2) is 79.0 Å². The van der Waals surface area contributed by atoms with Crippen LogP contribution in [-0.2, 0) is 37.8 Å². The normalized spacial score (nSPS) is 26.0. The molecule has 0 radical (unpaired) electrons. The van der Waals surface area contributed by atoms with Crippen molar-refractivity contribution >= 4 is 43.1 Å². The largest absolute Gasteiger partial charge is 0.432 e. The number of anilines is 3. The molecule has 4 aliphatic heterocycles. The van der Waals surface area contributed by atoms with Crippen LogP contribution in [0.2, 0.25) is 18.6 Å². The van der Waals surface area contributed by atoms with Gasteiger partial charge in [-0.3, -0.25) is 19.1 Å². The zero-order valence-electron chi connectivity index (χ0n) is 33.4. The molecular weight excluding hydrogens is 753 g/mol. The van der Waals surface area contributed by atoms with Crippen LogP contribution in [-0.4, -0.2) is 88.8 Å². The van der Waals surface area contributed by atoms with E-state index in [2.05, 4.69) is 31.6 Å². The Balaban J connectivity index is 1.10. The summed E-state index contributed by atoms with van der Waals surface area (Å²) in [7, 11) is -2.98. The fourth-order valence-electron chi connectivity index (χ4n) is 9.68. The van der Waals surface area contributed by atoms with E-state index in [1.165, 1.54) is 0 Å². The first-order valence-corrected chi connectivity index (χ1v) is 23.6. The Morgan fingerprint density at radius 3 is 2.29 bits per heavy atom. The second kappa shape index (κ2) is 16.5. The van der Waals surface area contributed by atoms with Crippen LogP contribution < -0.4 is 26.2 Å². The van der Waals surface area contributed by atoms with Crippen molar-refractivity contribution in [2.45, 2.75) is 100 Å². The van der Waals surface area contributed by atoms with E-state index in [1.54, 1.807) is 9.58 Å². The molecule has 8 rings (SSSR count). The lowest BCUT2D eigenvalue weighted by Crippen LogP contribution is -2.46. The highest BCUT2D eigenvalue weighted by atomic mass is 28.4. The van der Waals surface area contributed by atoms with Crippen LogP contribution in [0.4, 0.5) is 17.1 Å². The zero-order chi connectivity index (χ0) is 40.6. The molecule has 4 aromatic rings. The van der Waals surface area contributed by atoms with Gasteiger partial charge < -0.3 is 40.8 Å². The van der Waals surface area contributed by atoms with E-state index in [1.807, 2.05) is 99.0 Å². The number of aliphatic hydroxyl groups is 1. The number of hydrogen-bond donors (Lipinski definition) is 6. The van der Waals surface area contributed by atoms with Crippen LogP contribution in [0.3, 0.4) is 0 Å². The number of fused-ring (bicyclic) bond motifs is 2. The lowest BCUT2D eigenvalue weighted by Gasteiger charge is -2.32. The van der Waals surface area contributed by atoms with Crippen molar-refractivity contribution < 1.29 is 29.0 Å². The fraction of sp³-hybridized carbons (Fsp3) is 0.465. The highest BCUT2D eigenvalue weighted by molar-refractivity contribution is 6.71. The first-order valence-electron chi connectivity index (χ1n) is 20.6. The van der Waals surface area contributed by atoms with Gasteiger partial charge in [0, 0.05) is 41.1 Å². The number of carbonyl (C=O) groups excluding carboxylic acids is 3. The standard InChI is InChI=1S/C43H54N8O6Si/c1-27-39(58(2,3)56)38(18-21-50-25-36(48-49-50)32(26-52)29-11-5-4-6-12-29)57-43(27)33-23-31(47-41(54)35-15-9-20-45-35)16-17-37(33)51(42(43)55)24-28-10-7-13-30(22-28)46-40(53)34-14-8-19-44-34/h4-7,10-13,16-17,22-23,25,27,32,34-35,38-39,44-45,52,56H,8-9,14-15,18-21,24,26H2,1-3H3,(H,46,53)(H,47,54)/t27-,32?,34+,35+,38+,39-,43+/m0/s1. The number of amides is 3. The lowest BCUT2D eigenvalue weighted by molar-refractivity contribution is -0.146. The predicted octanol–water partition coefficient (Wildman–Crippen LogP) is 4.22. The third-order valence-corrected chi connectivity index (χ3v) is 15.0. The van der Waals surface area contributed by atoms with Gasteiger partial charge in [0.1, 0.15) is 0 Å². The number of nitrogens with zero attached hydrogens (tertiary/aromatic N) is 4. The number of nitrogens with one attached hydrogen (secondary N) is 4. The van der Waals surface area contributed by atoms with E-state index in [0.29, 0.717) is 41.3 Å². The molecule has 6 N–H and O–H groups in total. The number of ether oxygens (including phenoxy) is 1. The molecule has 1 unspecified atom stereocenters.